The van der Waals surface area contributed by atoms with Gasteiger partial charge < -0.3 is 11.1 Å². The highest BCUT2D eigenvalue weighted by Crippen LogP contribution is 2.32. The molecule has 0 aliphatic heterocycles. The van der Waals surface area contributed by atoms with E-state index in [1.165, 1.54) is 6.20 Å². The second-order valence-corrected chi connectivity index (χ2v) is 5.68. The first-order chi connectivity index (χ1) is 10.6. The van der Waals surface area contributed by atoms with E-state index in [0.717, 1.165) is 12.8 Å². The molecule has 7 heteroatoms. The molecule has 0 unspecified atom stereocenters. The SMILES string of the molecule is Cl.NCc1ccc(-c2ccnc(NC(=O)C3CC3)c2)c(F)c1Cl. The Morgan fingerprint density at radius 1 is 1.39 bits per heavy atom. The molecule has 0 radical (unpaired) electrons. The maximum atomic E-state index is 14.4. The van der Waals surface area contributed by atoms with Crippen LogP contribution < -0.4 is 11.1 Å². The maximum absolute atomic E-state index is 14.4. The zero-order valence-corrected chi connectivity index (χ0v) is 13.8. The number of nitrogens with one attached hydrogen (secondary N) is 1. The van der Waals surface area contributed by atoms with Crippen LogP contribution in [0.5, 0.6) is 0 Å². The third kappa shape index (κ3) is 3.80. The molecule has 1 heterocycles. The molecule has 1 aromatic heterocycles. The molecule has 0 saturated heterocycles. The van der Waals surface area contributed by atoms with Crippen molar-refractivity contribution in [2.45, 2.75) is 19.4 Å². The summed E-state index contributed by atoms with van der Waals surface area (Å²) in [6, 6.07) is 6.63. The predicted molar refractivity (Wildman–Crippen MR) is 91.1 cm³/mol. The molecule has 0 bridgehead atoms. The summed E-state index contributed by atoms with van der Waals surface area (Å²) in [6.45, 7) is 0.176. The Bertz CT molecular complexity index is 735. The average Bonchev–Trinajstić information content (AvgIpc) is 3.35. The molecule has 0 atom stereocenters. The summed E-state index contributed by atoms with van der Waals surface area (Å²) in [5.74, 6) is -0.0646. The van der Waals surface area contributed by atoms with Crippen molar-refractivity contribution >= 4 is 35.7 Å². The van der Waals surface area contributed by atoms with Crippen LogP contribution in [0.4, 0.5) is 10.2 Å². The van der Waals surface area contributed by atoms with Crippen molar-refractivity contribution in [3.05, 3.63) is 46.9 Å². The lowest BCUT2D eigenvalue weighted by molar-refractivity contribution is -0.117. The molecule has 122 valence electrons. The van der Waals surface area contributed by atoms with Gasteiger partial charge in [-0.3, -0.25) is 4.79 Å². The number of anilines is 1. The number of pyridine rings is 1. The summed E-state index contributed by atoms with van der Waals surface area (Å²) in [6.07, 6.45) is 3.36. The van der Waals surface area contributed by atoms with E-state index in [-0.39, 0.29) is 35.8 Å². The largest absolute Gasteiger partial charge is 0.326 e. The van der Waals surface area contributed by atoms with E-state index in [1.54, 1.807) is 24.3 Å². The Labute approximate surface area is 144 Å². The van der Waals surface area contributed by atoms with Crippen LogP contribution in [0.3, 0.4) is 0 Å². The summed E-state index contributed by atoms with van der Waals surface area (Å²) in [5.41, 5.74) is 7.02. The van der Waals surface area contributed by atoms with E-state index < -0.39 is 5.82 Å². The van der Waals surface area contributed by atoms with Crippen LogP contribution in [-0.4, -0.2) is 10.9 Å². The number of hydrogen-bond donors (Lipinski definition) is 2. The van der Waals surface area contributed by atoms with Crippen molar-refractivity contribution in [2.75, 3.05) is 5.32 Å². The maximum Gasteiger partial charge on any atom is 0.228 e. The van der Waals surface area contributed by atoms with Gasteiger partial charge in [0.15, 0.2) is 0 Å². The van der Waals surface area contributed by atoms with E-state index >= 15 is 0 Å². The molecule has 1 aliphatic rings. The smallest absolute Gasteiger partial charge is 0.228 e. The van der Waals surface area contributed by atoms with Crippen LogP contribution in [-0.2, 0) is 11.3 Å². The van der Waals surface area contributed by atoms with Gasteiger partial charge in [-0.15, -0.1) is 12.4 Å². The number of carbonyl (C=O) groups is 1. The van der Waals surface area contributed by atoms with Crippen molar-refractivity contribution in [1.29, 1.82) is 0 Å². The lowest BCUT2D eigenvalue weighted by atomic mass is 10.0. The quantitative estimate of drug-likeness (QED) is 0.876. The molecule has 1 aromatic carbocycles. The predicted octanol–water partition coefficient (Wildman–Crippen LogP) is 3.77. The van der Waals surface area contributed by atoms with Gasteiger partial charge in [0.25, 0.3) is 0 Å². The molecular weight excluding hydrogens is 340 g/mol. The molecule has 23 heavy (non-hydrogen) atoms. The fourth-order valence-corrected chi connectivity index (χ4v) is 2.45. The van der Waals surface area contributed by atoms with Gasteiger partial charge in [0.05, 0.1) is 5.02 Å². The Morgan fingerprint density at radius 2 is 2.13 bits per heavy atom. The number of hydrogen-bond acceptors (Lipinski definition) is 3. The Hall–Kier alpha value is -1.69. The molecule has 3 rings (SSSR count). The molecule has 2 aromatic rings. The van der Waals surface area contributed by atoms with E-state index in [1.807, 2.05) is 0 Å². The lowest BCUT2D eigenvalue weighted by Crippen LogP contribution is -2.14. The van der Waals surface area contributed by atoms with Gasteiger partial charge in [0.1, 0.15) is 11.6 Å². The highest BCUT2D eigenvalue weighted by Gasteiger charge is 2.29. The fraction of sp³-hybridized carbons (Fsp3) is 0.250. The standard InChI is InChI=1S/C16H15ClFN3O.ClH/c17-14-11(8-19)3-4-12(15(14)18)10-5-6-20-13(7-10)21-16(22)9-1-2-9;/h3-7,9H,1-2,8,19H2,(H,20,21,22);1H. The number of aromatic nitrogens is 1. The van der Waals surface area contributed by atoms with Crippen molar-refractivity contribution in [3.8, 4) is 11.1 Å². The number of nitrogens with two attached hydrogens (primary N) is 1. The zero-order chi connectivity index (χ0) is 15.7. The molecule has 3 N–H and O–H groups in total. The van der Waals surface area contributed by atoms with Crippen LogP contribution in [0, 0.1) is 11.7 Å². The van der Waals surface area contributed by atoms with Crippen molar-refractivity contribution < 1.29 is 9.18 Å². The minimum atomic E-state index is -0.518. The number of amides is 1. The first-order valence-corrected chi connectivity index (χ1v) is 7.42. The number of halogens is 3. The van der Waals surface area contributed by atoms with Crippen LogP contribution in [0.2, 0.25) is 5.02 Å². The monoisotopic (exact) mass is 355 g/mol. The number of rotatable bonds is 4. The van der Waals surface area contributed by atoms with Crippen LogP contribution in [0.25, 0.3) is 11.1 Å². The van der Waals surface area contributed by atoms with E-state index in [2.05, 4.69) is 10.3 Å². The zero-order valence-electron chi connectivity index (χ0n) is 12.2. The number of benzene rings is 1. The van der Waals surface area contributed by atoms with E-state index in [0.29, 0.717) is 22.5 Å². The number of nitrogens with zero attached hydrogens (tertiary/aromatic N) is 1. The van der Waals surface area contributed by atoms with Gasteiger partial charge in [0.2, 0.25) is 5.91 Å². The topological polar surface area (TPSA) is 68.0 Å². The first kappa shape index (κ1) is 17.7. The number of carbonyl (C=O) groups excluding carboxylic acids is 1. The summed E-state index contributed by atoms with van der Waals surface area (Å²) in [5, 5.41) is 2.77. The molecule has 1 aliphatic carbocycles. The van der Waals surface area contributed by atoms with Gasteiger partial charge in [-0.2, -0.15) is 0 Å². The van der Waals surface area contributed by atoms with Crippen LogP contribution in [0.1, 0.15) is 18.4 Å². The van der Waals surface area contributed by atoms with Crippen molar-refractivity contribution in [3.63, 3.8) is 0 Å². The molecule has 0 spiro atoms. The van der Waals surface area contributed by atoms with Gasteiger partial charge in [-0.25, -0.2) is 9.37 Å². The summed E-state index contributed by atoms with van der Waals surface area (Å²) in [7, 11) is 0. The van der Waals surface area contributed by atoms with Crippen LogP contribution >= 0.6 is 24.0 Å². The van der Waals surface area contributed by atoms with Crippen molar-refractivity contribution in [2.24, 2.45) is 11.7 Å². The van der Waals surface area contributed by atoms with Gasteiger partial charge in [-0.05, 0) is 36.1 Å². The third-order valence-electron chi connectivity index (χ3n) is 3.65. The molecular formula is C16H16Cl2FN3O. The average molecular weight is 356 g/mol. The first-order valence-electron chi connectivity index (χ1n) is 7.04. The Kier molecular flexibility index (Phi) is 5.57. The van der Waals surface area contributed by atoms with Gasteiger partial charge in [0, 0.05) is 24.2 Å². The molecule has 1 amide bonds. The van der Waals surface area contributed by atoms with E-state index in [4.69, 9.17) is 17.3 Å². The molecule has 4 nitrogen and oxygen atoms in total. The molecule has 1 saturated carbocycles. The van der Waals surface area contributed by atoms with Gasteiger partial charge >= 0.3 is 0 Å². The highest BCUT2D eigenvalue weighted by molar-refractivity contribution is 6.31. The third-order valence-corrected chi connectivity index (χ3v) is 4.06. The normalized spacial score (nSPS) is 13.3. The summed E-state index contributed by atoms with van der Waals surface area (Å²) in [4.78, 5) is 15.9. The molecule has 1 fully saturated rings. The second-order valence-electron chi connectivity index (χ2n) is 5.30. The minimum absolute atomic E-state index is 0. The summed E-state index contributed by atoms with van der Waals surface area (Å²) < 4.78 is 14.4. The van der Waals surface area contributed by atoms with E-state index in [9.17, 15) is 9.18 Å². The minimum Gasteiger partial charge on any atom is -0.326 e. The Balaban J connectivity index is 0.00000192. The fourth-order valence-electron chi connectivity index (χ4n) is 2.21. The summed E-state index contributed by atoms with van der Waals surface area (Å²) >= 11 is 5.98. The highest BCUT2D eigenvalue weighted by atomic mass is 35.5. The second kappa shape index (κ2) is 7.25. The van der Waals surface area contributed by atoms with Crippen molar-refractivity contribution in [1.82, 2.24) is 4.98 Å². The lowest BCUT2D eigenvalue weighted by Gasteiger charge is -2.10. The Morgan fingerprint density at radius 3 is 2.78 bits per heavy atom. The van der Waals surface area contributed by atoms with Crippen LogP contribution in [0.15, 0.2) is 30.5 Å². The van der Waals surface area contributed by atoms with Gasteiger partial charge in [-0.1, -0.05) is 23.7 Å².